The van der Waals surface area contributed by atoms with Gasteiger partial charge in [0.1, 0.15) is 0 Å². The predicted molar refractivity (Wildman–Crippen MR) is 91.6 cm³/mol. The maximum absolute atomic E-state index is 12.4. The second kappa shape index (κ2) is 7.59. The molecule has 2 fully saturated rings. The summed E-state index contributed by atoms with van der Waals surface area (Å²) in [4.78, 5) is 0. The molecule has 2 heteroatoms. The molecule has 1 aromatic rings. The quantitative estimate of drug-likeness (QED) is 0.571. The van der Waals surface area contributed by atoms with Crippen LogP contribution in [0.5, 0.6) is 0 Å². The number of halogens is 2. The minimum atomic E-state index is -1.49. The van der Waals surface area contributed by atoms with E-state index in [-0.39, 0.29) is 5.92 Å². The smallest absolute Gasteiger partial charge is 0.174 e. The highest BCUT2D eigenvalue weighted by Crippen LogP contribution is 2.44. The van der Waals surface area contributed by atoms with E-state index >= 15 is 0 Å². The lowest BCUT2D eigenvalue weighted by Gasteiger charge is -2.37. The first kappa shape index (κ1) is 16.7. The number of allylic oxidation sites excluding steroid dienone is 1. The summed E-state index contributed by atoms with van der Waals surface area (Å²) in [5.74, 6) is 2.46. The Morgan fingerprint density at radius 1 is 0.826 bits per heavy atom. The van der Waals surface area contributed by atoms with Crippen LogP contribution in [0.3, 0.4) is 0 Å². The van der Waals surface area contributed by atoms with Crippen LogP contribution in [0.2, 0.25) is 0 Å². The van der Waals surface area contributed by atoms with Crippen molar-refractivity contribution in [2.45, 2.75) is 64.2 Å². The van der Waals surface area contributed by atoms with E-state index in [2.05, 4.69) is 31.2 Å². The maximum Gasteiger partial charge on any atom is 0.266 e. The van der Waals surface area contributed by atoms with Gasteiger partial charge < -0.3 is 0 Å². The van der Waals surface area contributed by atoms with Crippen molar-refractivity contribution in [2.75, 3.05) is 0 Å². The molecular formula is C21H28F2. The molecule has 3 rings (SSSR count). The zero-order valence-corrected chi connectivity index (χ0v) is 14.1. The van der Waals surface area contributed by atoms with E-state index in [9.17, 15) is 8.78 Å². The van der Waals surface area contributed by atoms with E-state index in [1.54, 1.807) is 0 Å². The van der Waals surface area contributed by atoms with Crippen LogP contribution in [0, 0.1) is 24.7 Å². The first-order chi connectivity index (χ1) is 11.1. The van der Waals surface area contributed by atoms with Crippen molar-refractivity contribution in [3.8, 4) is 0 Å². The molecule has 2 aliphatic rings. The van der Waals surface area contributed by atoms with Gasteiger partial charge in [-0.2, -0.15) is 8.78 Å². The highest BCUT2D eigenvalue weighted by Gasteiger charge is 2.31. The summed E-state index contributed by atoms with van der Waals surface area (Å²) < 4.78 is 24.7. The van der Waals surface area contributed by atoms with E-state index < -0.39 is 6.08 Å². The summed E-state index contributed by atoms with van der Waals surface area (Å²) in [6, 6.07) is 9.03. The summed E-state index contributed by atoms with van der Waals surface area (Å²) >= 11 is 0. The minimum Gasteiger partial charge on any atom is -0.174 e. The normalized spacial score (nSPS) is 31.6. The Hall–Kier alpha value is -1.18. The lowest BCUT2D eigenvalue weighted by atomic mass is 9.68. The van der Waals surface area contributed by atoms with Crippen LogP contribution in [-0.4, -0.2) is 0 Å². The number of aryl methyl sites for hydroxylation is 1. The van der Waals surface area contributed by atoms with Crippen molar-refractivity contribution in [1.29, 1.82) is 0 Å². The molecule has 0 saturated heterocycles. The highest BCUT2D eigenvalue weighted by atomic mass is 19.3. The highest BCUT2D eigenvalue weighted by molar-refractivity contribution is 5.24. The van der Waals surface area contributed by atoms with Crippen molar-refractivity contribution < 1.29 is 8.78 Å². The van der Waals surface area contributed by atoms with Gasteiger partial charge in [0, 0.05) is 0 Å². The third-order valence-corrected chi connectivity index (χ3v) is 6.17. The molecule has 1 aromatic carbocycles. The van der Waals surface area contributed by atoms with Gasteiger partial charge in [0.2, 0.25) is 0 Å². The van der Waals surface area contributed by atoms with Gasteiger partial charge >= 0.3 is 0 Å². The van der Waals surface area contributed by atoms with Gasteiger partial charge in [-0.1, -0.05) is 29.8 Å². The monoisotopic (exact) mass is 318 g/mol. The standard InChI is InChI=1S/C21H28F2/c1-15-2-6-17(7-3-15)19-10-12-20(13-11-19)18-8-4-16(5-9-18)14-21(22)23/h2-3,6-7,14,16,18-20H,4-5,8-13H2,1H3/t16-,18-,19-,20-. The van der Waals surface area contributed by atoms with Crippen molar-refractivity contribution in [1.82, 2.24) is 0 Å². The molecule has 0 N–H and O–H groups in total. The second-order valence-corrected chi connectivity index (χ2v) is 7.65. The SMILES string of the molecule is Cc1ccc([C@H]2CC[C@H]([C@H]3CC[C@H](C=C(F)F)CC3)CC2)cc1. The Bertz CT molecular complexity index is 511. The largest absolute Gasteiger partial charge is 0.266 e. The topological polar surface area (TPSA) is 0 Å². The molecule has 0 amide bonds. The average molecular weight is 318 g/mol. The van der Waals surface area contributed by atoms with E-state index in [1.807, 2.05) is 0 Å². The van der Waals surface area contributed by atoms with Crippen molar-refractivity contribution >= 4 is 0 Å². The molecule has 0 bridgehead atoms. The predicted octanol–water partition coefficient (Wildman–Crippen LogP) is 6.86. The second-order valence-electron chi connectivity index (χ2n) is 7.65. The van der Waals surface area contributed by atoms with Crippen molar-refractivity contribution in [3.05, 3.63) is 47.5 Å². The van der Waals surface area contributed by atoms with Gasteiger partial charge in [-0.15, -0.1) is 0 Å². The molecule has 23 heavy (non-hydrogen) atoms. The Balaban J connectivity index is 1.48. The summed E-state index contributed by atoms with van der Waals surface area (Å²) in [7, 11) is 0. The van der Waals surface area contributed by atoms with Gasteiger partial charge in [0.25, 0.3) is 6.08 Å². The lowest BCUT2D eigenvalue weighted by Crippen LogP contribution is -2.25. The molecule has 0 spiro atoms. The number of rotatable bonds is 3. The molecule has 0 unspecified atom stereocenters. The Kier molecular flexibility index (Phi) is 5.50. The molecule has 0 atom stereocenters. The van der Waals surface area contributed by atoms with Crippen molar-refractivity contribution in [3.63, 3.8) is 0 Å². The van der Waals surface area contributed by atoms with E-state index in [4.69, 9.17) is 0 Å². The van der Waals surface area contributed by atoms with Crippen LogP contribution in [0.4, 0.5) is 8.78 Å². The molecule has 0 nitrogen and oxygen atoms in total. The van der Waals surface area contributed by atoms with Crippen molar-refractivity contribution in [2.24, 2.45) is 17.8 Å². The fourth-order valence-electron chi connectivity index (χ4n) is 4.72. The molecule has 0 aliphatic heterocycles. The molecule has 0 heterocycles. The fraction of sp³-hybridized carbons (Fsp3) is 0.619. The van der Waals surface area contributed by atoms with Crippen LogP contribution < -0.4 is 0 Å². The average Bonchev–Trinajstić information content (AvgIpc) is 2.56. The van der Waals surface area contributed by atoms with Gasteiger partial charge in [-0.25, -0.2) is 0 Å². The van der Waals surface area contributed by atoms with Crippen LogP contribution in [0.15, 0.2) is 36.4 Å². The Morgan fingerprint density at radius 3 is 1.87 bits per heavy atom. The minimum absolute atomic E-state index is 0.125. The van der Waals surface area contributed by atoms with Gasteiger partial charge in [0.15, 0.2) is 0 Å². The van der Waals surface area contributed by atoms with E-state index in [0.717, 1.165) is 43.4 Å². The maximum atomic E-state index is 12.4. The fourth-order valence-corrected chi connectivity index (χ4v) is 4.72. The third-order valence-electron chi connectivity index (χ3n) is 6.17. The van der Waals surface area contributed by atoms with Gasteiger partial charge in [-0.3, -0.25) is 0 Å². The summed E-state index contributed by atoms with van der Waals surface area (Å²) in [6.07, 6.45) is 9.14. The van der Waals surface area contributed by atoms with Crippen LogP contribution in [-0.2, 0) is 0 Å². The third kappa shape index (κ3) is 4.43. The molecule has 2 saturated carbocycles. The summed E-state index contributed by atoms with van der Waals surface area (Å²) in [5.41, 5.74) is 2.83. The van der Waals surface area contributed by atoms with E-state index in [1.165, 1.54) is 42.9 Å². The lowest BCUT2D eigenvalue weighted by molar-refractivity contribution is 0.170. The molecule has 126 valence electrons. The molecular weight excluding hydrogens is 290 g/mol. The number of hydrogen-bond donors (Lipinski definition) is 0. The van der Waals surface area contributed by atoms with Gasteiger partial charge in [0.05, 0.1) is 0 Å². The number of benzene rings is 1. The Labute approximate surface area is 139 Å². The zero-order valence-electron chi connectivity index (χ0n) is 14.1. The van der Waals surface area contributed by atoms with Crippen LogP contribution in [0.1, 0.15) is 68.4 Å². The summed E-state index contributed by atoms with van der Waals surface area (Å²) in [6.45, 7) is 2.14. The van der Waals surface area contributed by atoms with E-state index in [0.29, 0.717) is 0 Å². The first-order valence-corrected chi connectivity index (χ1v) is 9.21. The van der Waals surface area contributed by atoms with Gasteiger partial charge in [-0.05, 0) is 93.6 Å². The van der Waals surface area contributed by atoms with Crippen LogP contribution >= 0.6 is 0 Å². The van der Waals surface area contributed by atoms with Crippen LogP contribution in [0.25, 0.3) is 0 Å². The Morgan fingerprint density at radius 2 is 1.35 bits per heavy atom. The first-order valence-electron chi connectivity index (χ1n) is 9.21. The molecule has 0 radical (unpaired) electrons. The summed E-state index contributed by atoms with van der Waals surface area (Å²) in [5, 5.41) is 0. The molecule has 0 aromatic heterocycles. The zero-order chi connectivity index (χ0) is 16.2. The molecule has 2 aliphatic carbocycles. The number of hydrogen-bond acceptors (Lipinski definition) is 0.